The number of nitrogens with one attached hydrogen (secondary N) is 1. The van der Waals surface area contributed by atoms with Gasteiger partial charge in [0.1, 0.15) is 0 Å². The zero-order chi connectivity index (χ0) is 19.5. The van der Waals surface area contributed by atoms with E-state index in [1.165, 1.54) is 0 Å². The lowest BCUT2D eigenvalue weighted by molar-refractivity contribution is -0.123. The summed E-state index contributed by atoms with van der Waals surface area (Å²) in [5.74, 6) is 0.00819. The number of ether oxygens (including phenoxy) is 1. The van der Waals surface area contributed by atoms with Gasteiger partial charge >= 0.3 is 0 Å². The first-order valence-corrected chi connectivity index (χ1v) is 10.9. The molecule has 1 N–H and O–H groups in total. The molecule has 0 unspecified atom stereocenters. The van der Waals surface area contributed by atoms with E-state index in [0.29, 0.717) is 32.7 Å². The van der Waals surface area contributed by atoms with Crippen molar-refractivity contribution in [2.75, 3.05) is 39.8 Å². The summed E-state index contributed by atoms with van der Waals surface area (Å²) < 4.78 is 34.6. The number of piperidine rings is 1. The van der Waals surface area contributed by atoms with Crippen LogP contribution in [0.15, 0.2) is 0 Å². The lowest BCUT2D eigenvalue weighted by Crippen LogP contribution is -2.55. The Kier molecular flexibility index (Phi) is 7.43. The van der Waals surface area contributed by atoms with Crippen LogP contribution in [-0.4, -0.2) is 91.9 Å². The van der Waals surface area contributed by atoms with Crippen molar-refractivity contribution in [3.8, 4) is 0 Å². The fraction of sp³-hybridized carbons (Fsp3) is 0.941. The zero-order valence-corrected chi connectivity index (χ0v) is 17.5. The van der Waals surface area contributed by atoms with Gasteiger partial charge in [-0.05, 0) is 47.6 Å². The molecule has 8 nitrogen and oxygen atoms in total. The van der Waals surface area contributed by atoms with E-state index in [4.69, 9.17) is 4.74 Å². The maximum atomic E-state index is 12.9. The molecule has 2 heterocycles. The highest BCUT2D eigenvalue weighted by molar-refractivity contribution is 7.86. The third kappa shape index (κ3) is 5.63. The zero-order valence-electron chi connectivity index (χ0n) is 16.6. The molecular formula is C17H34N4O4S. The second-order valence-electron chi connectivity index (χ2n) is 7.85. The van der Waals surface area contributed by atoms with Gasteiger partial charge in [-0.15, -0.1) is 0 Å². The normalized spacial score (nSPS) is 27.2. The van der Waals surface area contributed by atoms with Crippen LogP contribution in [0.5, 0.6) is 0 Å². The van der Waals surface area contributed by atoms with Crippen molar-refractivity contribution in [2.45, 2.75) is 64.8 Å². The first-order chi connectivity index (χ1) is 12.1. The maximum Gasteiger partial charge on any atom is 0.282 e. The first-order valence-electron chi connectivity index (χ1n) is 9.50. The number of amides is 1. The average Bonchev–Trinajstić information content (AvgIpc) is 2.53. The highest BCUT2D eigenvalue weighted by atomic mass is 32.2. The molecule has 0 spiro atoms. The van der Waals surface area contributed by atoms with E-state index >= 15 is 0 Å². The number of hydrogen-bond donors (Lipinski definition) is 1. The predicted molar refractivity (Wildman–Crippen MR) is 101 cm³/mol. The molecule has 2 aliphatic rings. The van der Waals surface area contributed by atoms with Gasteiger partial charge in [0.05, 0.1) is 18.8 Å². The summed E-state index contributed by atoms with van der Waals surface area (Å²) in [4.78, 5) is 13.9. The van der Waals surface area contributed by atoms with Crippen LogP contribution in [0.3, 0.4) is 0 Å². The Morgan fingerprint density at radius 3 is 2.19 bits per heavy atom. The predicted octanol–water partition coefficient (Wildman–Crippen LogP) is 0.261. The third-order valence-electron chi connectivity index (χ3n) is 4.93. The maximum absolute atomic E-state index is 12.9. The molecule has 9 heteroatoms. The van der Waals surface area contributed by atoms with E-state index < -0.39 is 10.2 Å². The van der Waals surface area contributed by atoms with Crippen molar-refractivity contribution >= 4 is 16.1 Å². The standard InChI is InChI=1S/C17H34N4O4S/c1-13(2)18-17(22)12-19(5)16-6-8-20(9-7-16)26(23,24)21-10-14(3)25-15(4)11-21/h13-16H,6-12H2,1-5H3,(H,18,22)/t14-,15+. The van der Waals surface area contributed by atoms with Crippen LogP contribution < -0.4 is 5.32 Å². The Balaban J connectivity index is 1.88. The number of carbonyl (C=O) groups is 1. The van der Waals surface area contributed by atoms with Gasteiger partial charge in [-0.3, -0.25) is 9.69 Å². The quantitative estimate of drug-likeness (QED) is 0.704. The molecule has 0 aromatic carbocycles. The van der Waals surface area contributed by atoms with Crippen LogP contribution in [-0.2, 0) is 19.7 Å². The first kappa shape index (κ1) is 21.6. The molecule has 0 aromatic rings. The van der Waals surface area contributed by atoms with Gasteiger partial charge < -0.3 is 10.1 Å². The minimum Gasteiger partial charge on any atom is -0.373 e. The molecule has 0 saturated carbocycles. The molecule has 0 aromatic heterocycles. The van der Waals surface area contributed by atoms with Gasteiger partial charge in [0, 0.05) is 38.3 Å². The molecule has 0 bridgehead atoms. The number of morpholine rings is 1. The summed E-state index contributed by atoms with van der Waals surface area (Å²) in [7, 11) is -1.52. The molecule has 2 fully saturated rings. The Bertz CT molecular complexity index is 565. The van der Waals surface area contributed by atoms with Crippen molar-refractivity contribution in [1.82, 2.24) is 18.8 Å². The van der Waals surface area contributed by atoms with E-state index in [9.17, 15) is 13.2 Å². The van der Waals surface area contributed by atoms with Crippen molar-refractivity contribution in [2.24, 2.45) is 0 Å². The molecule has 1 amide bonds. The van der Waals surface area contributed by atoms with Crippen LogP contribution in [0.25, 0.3) is 0 Å². The lowest BCUT2D eigenvalue weighted by atomic mass is 10.1. The van der Waals surface area contributed by atoms with Crippen LogP contribution in [0.1, 0.15) is 40.5 Å². The fourth-order valence-electron chi connectivity index (χ4n) is 3.72. The summed E-state index contributed by atoms with van der Waals surface area (Å²) in [5.41, 5.74) is 0. The Hall–Kier alpha value is -0.740. The fourth-order valence-corrected chi connectivity index (χ4v) is 5.51. The van der Waals surface area contributed by atoms with Crippen molar-refractivity contribution < 1.29 is 17.9 Å². The summed E-state index contributed by atoms with van der Waals surface area (Å²) >= 11 is 0. The molecule has 0 radical (unpaired) electrons. The summed E-state index contributed by atoms with van der Waals surface area (Å²) in [5, 5.41) is 2.89. The van der Waals surface area contributed by atoms with Gasteiger partial charge in [0.25, 0.3) is 10.2 Å². The Morgan fingerprint density at radius 1 is 1.15 bits per heavy atom. The summed E-state index contributed by atoms with van der Waals surface area (Å²) in [6.07, 6.45) is 1.30. The van der Waals surface area contributed by atoms with Crippen LogP contribution in [0, 0.1) is 0 Å². The van der Waals surface area contributed by atoms with Crippen molar-refractivity contribution in [1.29, 1.82) is 0 Å². The highest BCUT2D eigenvalue weighted by Crippen LogP contribution is 2.22. The molecule has 0 aliphatic carbocycles. The Labute approximate surface area is 158 Å². The topological polar surface area (TPSA) is 82.2 Å². The van der Waals surface area contributed by atoms with Gasteiger partial charge in [-0.2, -0.15) is 17.0 Å². The Morgan fingerprint density at radius 2 is 1.69 bits per heavy atom. The largest absolute Gasteiger partial charge is 0.373 e. The second kappa shape index (κ2) is 8.97. The van der Waals surface area contributed by atoms with Gasteiger partial charge in [0.15, 0.2) is 0 Å². The van der Waals surface area contributed by atoms with E-state index in [-0.39, 0.29) is 30.2 Å². The number of rotatable bonds is 6. The number of likely N-dealkylation sites (N-methyl/N-ethyl adjacent to an activating group) is 1. The van der Waals surface area contributed by atoms with Crippen LogP contribution in [0.4, 0.5) is 0 Å². The minimum atomic E-state index is -3.45. The molecule has 26 heavy (non-hydrogen) atoms. The van der Waals surface area contributed by atoms with Crippen molar-refractivity contribution in [3.63, 3.8) is 0 Å². The summed E-state index contributed by atoms with van der Waals surface area (Å²) in [6.45, 7) is 9.82. The smallest absolute Gasteiger partial charge is 0.282 e. The third-order valence-corrected chi connectivity index (χ3v) is 6.90. The SMILES string of the molecule is CC(C)NC(=O)CN(C)C1CCN(S(=O)(=O)N2C[C@@H](C)O[C@@H](C)C2)CC1. The number of nitrogens with zero attached hydrogens (tertiary/aromatic N) is 3. The van der Waals surface area contributed by atoms with E-state index in [1.807, 2.05) is 39.6 Å². The van der Waals surface area contributed by atoms with E-state index in [0.717, 1.165) is 12.8 Å². The van der Waals surface area contributed by atoms with Crippen LogP contribution in [0.2, 0.25) is 0 Å². The molecule has 2 rings (SSSR count). The molecule has 2 atom stereocenters. The molecule has 2 aliphatic heterocycles. The van der Waals surface area contributed by atoms with Gasteiger partial charge in [-0.25, -0.2) is 0 Å². The van der Waals surface area contributed by atoms with Crippen LogP contribution >= 0.6 is 0 Å². The summed E-state index contributed by atoms with van der Waals surface area (Å²) in [6, 6.07) is 0.350. The average molecular weight is 391 g/mol. The number of carbonyl (C=O) groups excluding carboxylic acids is 1. The van der Waals surface area contributed by atoms with Gasteiger partial charge in [-0.1, -0.05) is 0 Å². The monoisotopic (exact) mass is 390 g/mol. The van der Waals surface area contributed by atoms with Crippen molar-refractivity contribution in [3.05, 3.63) is 0 Å². The van der Waals surface area contributed by atoms with Gasteiger partial charge in [0.2, 0.25) is 5.91 Å². The lowest BCUT2D eigenvalue weighted by Gasteiger charge is -2.40. The molecule has 152 valence electrons. The number of hydrogen-bond acceptors (Lipinski definition) is 5. The van der Waals surface area contributed by atoms with E-state index in [1.54, 1.807) is 8.61 Å². The minimum absolute atomic E-state index is 0.00819. The molecular weight excluding hydrogens is 356 g/mol. The molecule has 2 saturated heterocycles. The van der Waals surface area contributed by atoms with E-state index in [2.05, 4.69) is 5.32 Å². The highest BCUT2D eigenvalue weighted by Gasteiger charge is 2.37. The second-order valence-corrected chi connectivity index (χ2v) is 9.78.